The molecule has 0 saturated carbocycles. The molecule has 0 radical (unpaired) electrons. The molecule has 0 spiro atoms. The number of aryl methyl sites for hydroxylation is 3. The van der Waals surface area contributed by atoms with Crippen LogP contribution in [-0.4, -0.2) is 14.7 Å². The molecule has 160 valence electrons. The van der Waals surface area contributed by atoms with Gasteiger partial charge in [0.2, 0.25) is 0 Å². The van der Waals surface area contributed by atoms with E-state index in [4.69, 9.17) is 12.2 Å². The molecule has 2 aromatic carbocycles. The molecule has 0 amide bonds. The number of anilines is 1. The van der Waals surface area contributed by atoms with Gasteiger partial charge in [-0.25, -0.2) is 0 Å². The Labute approximate surface area is 194 Å². The highest BCUT2D eigenvalue weighted by atomic mass is 32.1. The Balaban J connectivity index is 1.68. The quantitative estimate of drug-likeness (QED) is 0.398. The van der Waals surface area contributed by atoms with Gasteiger partial charge in [-0.15, -0.1) is 0 Å². The normalized spacial score (nSPS) is 18.1. The van der Waals surface area contributed by atoms with E-state index < -0.39 is 0 Å². The molecule has 0 aliphatic carbocycles. The first kappa shape index (κ1) is 20.5. The van der Waals surface area contributed by atoms with E-state index in [1.807, 2.05) is 18.3 Å². The number of pyridine rings is 1. The summed E-state index contributed by atoms with van der Waals surface area (Å²) < 4.78 is 2.26. The number of rotatable bonds is 4. The van der Waals surface area contributed by atoms with Gasteiger partial charge in [-0.3, -0.25) is 4.98 Å². The first-order valence-electron chi connectivity index (χ1n) is 10.8. The average Bonchev–Trinajstić information content (AvgIpc) is 3.40. The van der Waals surface area contributed by atoms with Crippen LogP contribution in [0, 0.1) is 20.8 Å². The highest BCUT2D eigenvalue weighted by Crippen LogP contribution is 2.42. The van der Waals surface area contributed by atoms with Crippen LogP contribution in [-0.2, 0) is 0 Å². The molecule has 0 bridgehead atoms. The number of thiocarbonyl (C=S) groups is 1. The Morgan fingerprint density at radius 2 is 1.72 bits per heavy atom. The minimum absolute atomic E-state index is 0.0463. The van der Waals surface area contributed by atoms with Crippen LogP contribution in [0.4, 0.5) is 5.69 Å². The van der Waals surface area contributed by atoms with Crippen LogP contribution in [0.3, 0.4) is 0 Å². The van der Waals surface area contributed by atoms with Crippen LogP contribution in [0.25, 0.3) is 5.69 Å². The number of aromatic nitrogens is 2. The van der Waals surface area contributed by atoms with Gasteiger partial charge in [0.15, 0.2) is 5.11 Å². The fraction of sp³-hybridized carbons (Fsp3) is 0.185. The third-order valence-electron chi connectivity index (χ3n) is 6.23. The first-order valence-corrected chi connectivity index (χ1v) is 11.3. The average molecular weight is 439 g/mol. The van der Waals surface area contributed by atoms with E-state index in [9.17, 15) is 0 Å². The number of benzene rings is 2. The van der Waals surface area contributed by atoms with Crippen molar-refractivity contribution >= 4 is 23.0 Å². The van der Waals surface area contributed by atoms with E-state index in [-0.39, 0.29) is 12.1 Å². The zero-order valence-corrected chi connectivity index (χ0v) is 19.3. The second-order valence-corrected chi connectivity index (χ2v) is 8.79. The molecule has 4 nitrogen and oxygen atoms in total. The van der Waals surface area contributed by atoms with Gasteiger partial charge < -0.3 is 14.8 Å². The van der Waals surface area contributed by atoms with Crippen molar-refractivity contribution in [3.8, 4) is 5.69 Å². The predicted octanol–water partition coefficient (Wildman–Crippen LogP) is 5.97. The smallest absolute Gasteiger partial charge is 0.174 e. The van der Waals surface area contributed by atoms with Crippen molar-refractivity contribution in [2.24, 2.45) is 0 Å². The van der Waals surface area contributed by atoms with Gasteiger partial charge in [-0.1, -0.05) is 24.3 Å². The number of nitrogens with one attached hydrogen (secondary N) is 1. The van der Waals surface area contributed by atoms with E-state index in [2.05, 4.69) is 107 Å². The Bertz CT molecular complexity index is 1280. The van der Waals surface area contributed by atoms with E-state index in [0.717, 1.165) is 22.8 Å². The lowest BCUT2D eigenvalue weighted by atomic mass is 10.00. The third-order valence-corrected chi connectivity index (χ3v) is 6.54. The van der Waals surface area contributed by atoms with Gasteiger partial charge in [-0.2, -0.15) is 0 Å². The summed E-state index contributed by atoms with van der Waals surface area (Å²) in [5.41, 5.74) is 8.12. The van der Waals surface area contributed by atoms with Crippen molar-refractivity contribution in [3.05, 3.63) is 113 Å². The maximum absolute atomic E-state index is 5.89. The van der Waals surface area contributed by atoms with Gasteiger partial charge in [0.25, 0.3) is 0 Å². The molecule has 1 saturated heterocycles. The second kappa shape index (κ2) is 8.24. The molecule has 2 aromatic heterocycles. The summed E-state index contributed by atoms with van der Waals surface area (Å²) in [6.45, 7) is 6.40. The van der Waals surface area contributed by atoms with E-state index in [0.29, 0.717) is 5.11 Å². The Hall–Kier alpha value is -3.44. The minimum atomic E-state index is -0.0660. The zero-order valence-electron chi connectivity index (χ0n) is 18.5. The Morgan fingerprint density at radius 3 is 2.47 bits per heavy atom. The van der Waals surface area contributed by atoms with Crippen molar-refractivity contribution in [2.45, 2.75) is 32.9 Å². The summed E-state index contributed by atoms with van der Waals surface area (Å²) >= 11 is 5.89. The summed E-state index contributed by atoms with van der Waals surface area (Å²) in [7, 11) is 0. The van der Waals surface area contributed by atoms with Gasteiger partial charge in [0, 0.05) is 29.5 Å². The van der Waals surface area contributed by atoms with Crippen molar-refractivity contribution in [1.82, 2.24) is 14.9 Å². The standard InChI is InChI=1S/C27H26N4S/c1-18-8-6-9-21(16-18)30-15-7-11-24(30)26-25(23-10-4-5-14-28-23)29-27(32)31(26)22-13-12-19(2)20(3)17-22/h4-17,25-26H,1-3H3,(H,29,32)/t25-,26-/m1/s1. The zero-order chi connectivity index (χ0) is 22.2. The van der Waals surface area contributed by atoms with E-state index >= 15 is 0 Å². The van der Waals surface area contributed by atoms with Crippen LogP contribution in [0.5, 0.6) is 0 Å². The SMILES string of the molecule is Cc1cccc(-n2cccc2[C@@H]2[C@@H](c3ccccn3)NC(=S)N2c2ccc(C)c(C)c2)c1. The largest absolute Gasteiger partial charge is 0.351 e. The Kier molecular flexibility index (Phi) is 5.27. The number of hydrogen-bond donors (Lipinski definition) is 1. The van der Waals surface area contributed by atoms with Crippen LogP contribution in [0.1, 0.15) is 40.2 Å². The van der Waals surface area contributed by atoms with Crippen molar-refractivity contribution in [2.75, 3.05) is 4.90 Å². The predicted molar refractivity (Wildman–Crippen MR) is 134 cm³/mol. The van der Waals surface area contributed by atoms with Gasteiger partial charge >= 0.3 is 0 Å². The van der Waals surface area contributed by atoms with Gasteiger partial charge in [0.1, 0.15) is 6.04 Å². The maximum atomic E-state index is 5.89. The molecule has 4 aromatic rings. The lowest BCUT2D eigenvalue weighted by molar-refractivity contribution is 0.549. The third kappa shape index (κ3) is 3.59. The molecule has 0 unspecified atom stereocenters. The van der Waals surface area contributed by atoms with Crippen LogP contribution < -0.4 is 10.2 Å². The molecule has 1 fully saturated rings. The maximum Gasteiger partial charge on any atom is 0.174 e. The highest BCUT2D eigenvalue weighted by Gasteiger charge is 2.42. The molecule has 5 heteroatoms. The lowest BCUT2D eigenvalue weighted by Gasteiger charge is -2.29. The van der Waals surface area contributed by atoms with Crippen LogP contribution in [0.15, 0.2) is 85.2 Å². The molecular weight excluding hydrogens is 412 g/mol. The first-order chi connectivity index (χ1) is 15.5. The van der Waals surface area contributed by atoms with Crippen molar-refractivity contribution in [1.29, 1.82) is 0 Å². The van der Waals surface area contributed by atoms with Crippen molar-refractivity contribution < 1.29 is 0 Å². The number of hydrogen-bond acceptors (Lipinski definition) is 2. The van der Waals surface area contributed by atoms with E-state index in [1.165, 1.54) is 16.7 Å². The van der Waals surface area contributed by atoms with Crippen molar-refractivity contribution in [3.63, 3.8) is 0 Å². The summed E-state index contributed by atoms with van der Waals surface area (Å²) in [6, 6.07) is 25.3. The minimum Gasteiger partial charge on any atom is -0.351 e. The fourth-order valence-corrected chi connectivity index (χ4v) is 4.80. The van der Waals surface area contributed by atoms with Crippen LogP contribution >= 0.6 is 12.2 Å². The molecule has 32 heavy (non-hydrogen) atoms. The summed E-state index contributed by atoms with van der Waals surface area (Å²) in [6.07, 6.45) is 3.97. The van der Waals surface area contributed by atoms with E-state index in [1.54, 1.807) is 0 Å². The molecule has 5 rings (SSSR count). The summed E-state index contributed by atoms with van der Waals surface area (Å²) in [5.74, 6) is 0. The Morgan fingerprint density at radius 1 is 0.844 bits per heavy atom. The number of nitrogens with zero attached hydrogens (tertiary/aromatic N) is 3. The molecule has 1 N–H and O–H groups in total. The lowest BCUT2D eigenvalue weighted by Crippen LogP contribution is -2.30. The van der Waals surface area contributed by atoms with Gasteiger partial charge in [-0.05, 0) is 98.2 Å². The fourth-order valence-electron chi connectivity index (χ4n) is 4.46. The molecule has 3 heterocycles. The second-order valence-electron chi connectivity index (χ2n) is 8.41. The highest BCUT2D eigenvalue weighted by molar-refractivity contribution is 7.80. The molecule has 2 atom stereocenters. The van der Waals surface area contributed by atoms with Crippen LogP contribution in [0.2, 0.25) is 0 Å². The summed E-state index contributed by atoms with van der Waals surface area (Å²) in [4.78, 5) is 6.91. The molecule has 1 aliphatic rings. The summed E-state index contributed by atoms with van der Waals surface area (Å²) in [5, 5.41) is 4.28. The molecular formula is C27H26N4S. The molecule has 1 aliphatic heterocycles. The monoisotopic (exact) mass is 438 g/mol. The topological polar surface area (TPSA) is 33.1 Å². The van der Waals surface area contributed by atoms with Gasteiger partial charge in [0.05, 0.1) is 11.7 Å².